The highest BCUT2D eigenvalue weighted by Crippen LogP contribution is 2.24. The zero-order chi connectivity index (χ0) is 25.8. The summed E-state index contributed by atoms with van der Waals surface area (Å²) in [5.74, 6) is 1.68. The minimum absolute atomic E-state index is 0.00404. The molecule has 188 valence electrons. The number of primary sulfonamides is 1. The van der Waals surface area contributed by atoms with Crippen LogP contribution in [0.1, 0.15) is 5.56 Å². The third-order valence-electron chi connectivity index (χ3n) is 5.77. The lowest BCUT2D eigenvalue weighted by atomic mass is 10.1. The average Bonchev–Trinajstić information content (AvgIpc) is 3.19. The molecule has 10 nitrogen and oxygen atoms in total. The van der Waals surface area contributed by atoms with Gasteiger partial charge < -0.3 is 20.5 Å². The molecule has 5 N–H and O–H groups in total. The number of aromatic nitrogens is 4. The summed E-state index contributed by atoms with van der Waals surface area (Å²) in [5, 5.41) is 14.9. The van der Waals surface area contributed by atoms with Crippen LogP contribution in [0.25, 0.3) is 11.0 Å². The van der Waals surface area contributed by atoms with Crippen molar-refractivity contribution < 1.29 is 8.42 Å². The normalized spacial score (nSPS) is 11.4. The highest BCUT2D eigenvalue weighted by molar-refractivity contribution is 7.89. The van der Waals surface area contributed by atoms with Crippen molar-refractivity contribution in [1.82, 2.24) is 19.5 Å². The zero-order valence-electron chi connectivity index (χ0n) is 20.1. The second kappa shape index (κ2) is 10.2. The van der Waals surface area contributed by atoms with Crippen LogP contribution < -0.4 is 21.1 Å². The monoisotopic (exact) mass is 514 g/mol. The summed E-state index contributed by atoms with van der Waals surface area (Å²) in [5.41, 5.74) is 4.46. The van der Waals surface area contributed by atoms with Gasteiger partial charge in [-0.05, 0) is 54.4 Å². The Balaban J connectivity index is 1.28. The lowest BCUT2D eigenvalue weighted by molar-refractivity contribution is 0.598. The summed E-state index contributed by atoms with van der Waals surface area (Å²) in [6, 6.07) is 24.2. The number of anilines is 5. The number of nitrogens with zero attached hydrogens (tertiary/aromatic N) is 4. The quantitative estimate of drug-likeness (QED) is 0.230. The molecule has 0 unspecified atom stereocenters. The van der Waals surface area contributed by atoms with Crippen LogP contribution in [0.3, 0.4) is 0 Å². The van der Waals surface area contributed by atoms with Crippen LogP contribution in [-0.2, 0) is 23.5 Å². The predicted octanol–water partition coefficient (Wildman–Crippen LogP) is 4.15. The lowest BCUT2D eigenvalue weighted by Crippen LogP contribution is -2.12. The first-order valence-electron chi connectivity index (χ1n) is 11.6. The smallest absolute Gasteiger partial charge is 0.238 e. The number of fused-ring (bicyclic) bond motifs is 1. The molecule has 2 aromatic heterocycles. The van der Waals surface area contributed by atoms with Crippen LogP contribution >= 0.6 is 0 Å². The zero-order valence-corrected chi connectivity index (χ0v) is 20.9. The van der Waals surface area contributed by atoms with Crippen molar-refractivity contribution in [2.75, 3.05) is 22.5 Å². The minimum Gasteiger partial charge on any atom is -0.355 e. The Kier molecular flexibility index (Phi) is 6.71. The summed E-state index contributed by atoms with van der Waals surface area (Å²) in [4.78, 5) is 13.5. The van der Waals surface area contributed by atoms with Crippen molar-refractivity contribution in [3.8, 4) is 0 Å². The minimum atomic E-state index is -3.81. The Labute approximate surface area is 214 Å². The fraction of sp³-hybridized carbons (Fsp3) is 0.115. The van der Waals surface area contributed by atoms with Gasteiger partial charge in [0.2, 0.25) is 21.9 Å². The maximum atomic E-state index is 11.6. The number of hydrogen-bond donors (Lipinski definition) is 4. The molecule has 0 atom stereocenters. The molecule has 0 saturated heterocycles. The van der Waals surface area contributed by atoms with E-state index in [9.17, 15) is 8.42 Å². The number of rotatable bonds is 9. The number of benzene rings is 3. The Morgan fingerprint density at radius 2 is 1.70 bits per heavy atom. The van der Waals surface area contributed by atoms with Crippen LogP contribution in [0.15, 0.2) is 90.0 Å². The molecule has 0 amide bonds. The molecule has 0 saturated carbocycles. The summed E-state index contributed by atoms with van der Waals surface area (Å²) >= 11 is 0. The molecule has 0 fully saturated rings. The van der Waals surface area contributed by atoms with Gasteiger partial charge in [-0.3, -0.25) is 0 Å². The summed E-state index contributed by atoms with van der Waals surface area (Å²) < 4.78 is 25.3. The molecule has 0 aliphatic heterocycles. The van der Waals surface area contributed by atoms with E-state index in [1.54, 1.807) is 24.4 Å². The maximum absolute atomic E-state index is 11.6. The second-order valence-electron chi connectivity index (χ2n) is 8.45. The first-order valence-corrected chi connectivity index (χ1v) is 13.1. The van der Waals surface area contributed by atoms with Crippen molar-refractivity contribution in [3.63, 3.8) is 0 Å². The largest absolute Gasteiger partial charge is 0.355 e. The number of sulfonamides is 1. The predicted molar refractivity (Wildman–Crippen MR) is 146 cm³/mol. The van der Waals surface area contributed by atoms with Crippen molar-refractivity contribution in [1.29, 1.82) is 0 Å². The summed E-state index contributed by atoms with van der Waals surface area (Å²) in [6.07, 6.45) is 2.52. The van der Waals surface area contributed by atoms with Gasteiger partial charge in [0.15, 0.2) is 0 Å². The van der Waals surface area contributed by atoms with Crippen LogP contribution in [0.4, 0.5) is 29.1 Å². The van der Waals surface area contributed by atoms with Gasteiger partial charge in [-0.1, -0.05) is 36.4 Å². The average molecular weight is 515 g/mol. The molecule has 3 aromatic carbocycles. The molecule has 0 bridgehead atoms. The van der Waals surface area contributed by atoms with E-state index in [0.29, 0.717) is 17.5 Å². The maximum Gasteiger partial charge on any atom is 0.238 e. The fourth-order valence-electron chi connectivity index (χ4n) is 3.92. The van der Waals surface area contributed by atoms with Crippen molar-refractivity contribution in [2.24, 2.45) is 12.2 Å². The molecular weight excluding hydrogens is 488 g/mol. The molecule has 0 aliphatic carbocycles. The summed E-state index contributed by atoms with van der Waals surface area (Å²) in [6.45, 7) is 0.781. The van der Waals surface area contributed by atoms with Crippen LogP contribution in [0.2, 0.25) is 0 Å². The third kappa shape index (κ3) is 5.85. The van der Waals surface area contributed by atoms with Gasteiger partial charge in [-0.15, -0.1) is 0 Å². The van der Waals surface area contributed by atoms with Gasteiger partial charge in [-0.2, -0.15) is 4.98 Å². The van der Waals surface area contributed by atoms with Gasteiger partial charge >= 0.3 is 0 Å². The Morgan fingerprint density at radius 1 is 0.892 bits per heavy atom. The van der Waals surface area contributed by atoms with Gasteiger partial charge in [0.25, 0.3) is 0 Å². The van der Waals surface area contributed by atoms with Gasteiger partial charge in [0.05, 0.1) is 15.9 Å². The molecule has 0 radical (unpaired) electrons. The molecule has 5 aromatic rings. The van der Waals surface area contributed by atoms with Gasteiger partial charge in [0, 0.05) is 31.2 Å². The highest BCUT2D eigenvalue weighted by Gasteiger charge is 2.10. The number of hydrogen-bond acceptors (Lipinski definition) is 8. The number of nitrogens with one attached hydrogen (secondary N) is 3. The standard InChI is InChI=1S/C26H26N8O2S/c1-34-23-11-10-20(17-22(23)32-26(34)29-14-12-18-6-3-2-4-7-18)30-24-13-15-28-25(33-24)31-19-8-5-9-21(16-19)37(27,35)36/h2-11,13,15-17H,12,14H2,1H3,(H,29,32)(H2,27,35,36)(H2,28,30,31,33). The Morgan fingerprint density at radius 3 is 2.51 bits per heavy atom. The number of imidazole rings is 1. The first kappa shape index (κ1) is 24.2. The molecule has 0 spiro atoms. The van der Waals surface area contributed by atoms with Gasteiger partial charge in [-0.25, -0.2) is 23.5 Å². The topological polar surface area (TPSA) is 140 Å². The SMILES string of the molecule is Cn1c(NCCc2ccccc2)nc2cc(Nc3ccnc(Nc4cccc(S(N)(=O)=O)c4)n3)ccc21. The van der Waals surface area contributed by atoms with E-state index < -0.39 is 10.0 Å². The van der Waals surface area contributed by atoms with E-state index in [-0.39, 0.29) is 4.90 Å². The van der Waals surface area contributed by atoms with E-state index in [1.165, 1.54) is 17.7 Å². The van der Waals surface area contributed by atoms with Crippen molar-refractivity contribution in [3.05, 3.63) is 90.6 Å². The third-order valence-corrected chi connectivity index (χ3v) is 6.68. The molecule has 0 aliphatic rings. The van der Waals surface area contributed by atoms with Crippen molar-refractivity contribution in [2.45, 2.75) is 11.3 Å². The van der Waals surface area contributed by atoms with E-state index in [1.807, 2.05) is 48.0 Å². The highest BCUT2D eigenvalue weighted by atomic mass is 32.2. The first-order chi connectivity index (χ1) is 17.8. The van der Waals surface area contributed by atoms with E-state index in [4.69, 9.17) is 10.1 Å². The van der Waals surface area contributed by atoms with E-state index in [2.05, 4.69) is 38.1 Å². The van der Waals surface area contributed by atoms with E-state index in [0.717, 1.165) is 35.6 Å². The molecule has 5 rings (SSSR count). The molecular formula is C26H26N8O2S. The second-order valence-corrected chi connectivity index (χ2v) is 10.0. The Hall–Kier alpha value is -4.48. The van der Waals surface area contributed by atoms with Crippen LogP contribution in [-0.4, -0.2) is 34.5 Å². The summed E-state index contributed by atoms with van der Waals surface area (Å²) in [7, 11) is -1.82. The molecule has 2 heterocycles. The fourth-order valence-corrected chi connectivity index (χ4v) is 4.47. The molecule has 37 heavy (non-hydrogen) atoms. The van der Waals surface area contributed by atoms with Crippen LogP contribution in [0.5, 0.6) is 0 Å². The van der Waals surface area contributed by atoms with Gasteiger partial charge in [0.1, 0.15) is 5.82 Å². The van der Waals surface area contributed by atoms with Crippen molar-refractivity contribution >= 4 is 50.1 Å². The molecule has 11 heteroatoms. The number of nitrogens with two attached hydrogens (primary N) is 1. The lowest BCUT2D eigenvalue weighted by Gasteiger charge is -2.09. The van der Waals surface area contributed by atoms with E-state index >= 15 is 0 Å². The Bertz CT molecular complexity index is 1650. The van der Waals surface area contributed by atoms with Crippen LogP contribution in [0, 0.1) is 0 Å². The number of aryl methyl sites for hydroxylation is 1.